The molecule has 9 heteroatoms. The second-order valence-electron chi connectivity index (χ2n) is 7.91. The molecule has 4 atom stereocenters. The maximum atomic E-state index is 6.41. The summed E-state index contributed by atoms with van der Waals surface area (Å²) in [5.41, 5.74) is 15.3. The van der Waals surface area contributed by atoms with Gasteiger partial charge in [0.1, 0.15) is 30.2 Å². The minimum Gasteiger partial charge on any atom is -0.382 e. The topological polar surface area (TPSA) is 123 Å². The van der Waals surface area contributed by atoms with Gasteiger partial charge < -0.3 is 25.7 Å². The first-order valence-corrected chi connectivity index (χ1v) is 10.8. The molecule has 0 amide bonds. The highest BCUT2D eigenvalue weighted by molar-refractivity contribution is 5.81. The van der Waals surface area contributed by atoms with E-state index in [1.807, 2.05) is 65.2 Å². The van der Waals surface area contributed by atoms with Crippen LogP contribution < -0.4 is 11.5 Å². The van der Waals surface area contributed by atoms with E-state index in [0.717, 1.165) is 11.1 Å². The first-order valence-electron chi connectivity index (χ1n) is 10.8. The van der Waals surface area contributed by atoms with Crippen LogP contribution in [-0.4, -0.2) is 44.4 Å². The van der Waals surface area contributed by atoms with Crippen molar-refractivity contribution in [3.8, 4) is 0 Å². The molecule has 0 spiro atoms. The lowest BCUT2D eigenvalue weighted by Crippen LogP contribution is -2.39. The number of nitrogens with zero attached hydrogens (tertiary/aromatic N) is 4. The fraction of sp³-hybridized carbons (Fsp3) is 0.320. The molecule has 1 saturated heterocycles. The highest BCUT2D eigenvalue weighted by Crippen LogP contribution is 2.36. The van der Waals surface area contributed by atoms with Crippen molar-refractivity contribution in [1.82, 2.24) is 19.5 Å². The Morgan fingerprint density at radius 3 is 2.09 bits per heavy atom. The van der Waals surface area contributed by atoms with Crippen LogP contribution in [0.25, 0.3) is 11.2 Å². The van der Waals surface area contributed by atoms with Crippen LogP contribution >= 0.6 is 0 Å². The van der Waals surface area contributed by atoms with Crippen LogP contribution in [0.15, 0.2) is 73.3 Å². The van der Waals surface area contributed by atoms with Crippen LogP contribution in [-0.2, 0) is 27.4 Å². The Bertz CT molecular complexity index is 1190. The minimum absolute atomic E-state index is 0. The van der Waals surface area contributed by atoms with Crippen molar-refractivity contribution in [3.63, 3.8) is 0 Å². The molecule has 0 saturated carbocycles. The monoisotopic (exact) mass is 462 g/mol. The fourth-order valence-electron chi connectivity index (χ4n) is 4.09. The molecule has 0 bridgehead atoms. The van der Waals surface area contributed by atoms with E-state index in [2.05, 4.69) is 15.0 Å². The summed E-state index contributed by atoms with van der Waals surface area (Å²) in [6, 6.07) is 20.0. The lowest BCUT2D eigenvalue weighted by molar-refractivity contribution is -0.0894. The molecule has 1 fully saturated rings. The summed E-state index contributed by atoms with van der Waals surface area (Å²) in [4.78, 5) is 12.8. The van der Waals surface area contributed by atoms with E-state index in [9.17, 15) is 0 Å². The molecule has 9 nitrogen and oxygen atoms in total. The number of aromatic nitrogens is 4. The summed E-state index contributed by atoms with van der Waals surface area (Å²) in [5, 5.41) is 0. The Labute approximate surface area is 198 Å². The molecular weight excluding hydrogens is 432 g/mol. The van der Waals surface area contributed by atoms with E-state index < -0.39 is 12.3 Å². The van der Waals surface area contributed by atoms with E-state index in [1.54, 1.807) is 6.33 Å². The molecule has 4 unspecified atom stereocenters. The quantitative estimate of drug-likeness (QED) is 0.409. The standard InChI is InChI=1S/C24H26N6O3.CH4/c25-11-18-20(31-12-16-7-3-1-4-8-16)21(32-13-17-9-5-2-6-10-17)24(33-18)30-15-29-19-22(26)27-14-28-23(19)30;/h1-10,14-15,18,20-21,24H,11-13,25H2,(H2,26,27,28);1H4. The van der Waals surface area contributed by atoms with Crippen molar-refractivity contribution < 1.29 is 14.2 Å². The number of imidazole rings is 1. The summed E-state index contributed by atoms with van der Waals surface area (Å²) in [6.07, 6.45) is 1.32. The Morgan fingerprint density at radius 2 is 1.47 bits per heavy atom. The van der Waals surface area contributed by atoms with Crippen LogP contribution in [0.5, 0.6) is 0 Å². The van der Waals surface area contributed by atoms with Gasteiger partial charge in [-0.25, -0.2) is 15.0 Å². The predicted molar refractivity (Wildman–Crippen MR) is 129 cm³/mol. The van der Waals surface area contributed by atoms with Gasteiger partial charge in [0, 0.05) is 6.54 Å². The molecule has 0 radical (unpaired) electrons. The number of nitrogen functional groups attached to an aromatic ring is 1. The van der Waals surface area contributed by atoms with Crippen LogP contribution in [0.1, 0.15) is 24.8 Å². The van der Waals surface area contributed by atoms with Crippen LogP contribution in [0.3, 0.4) is 0 Å². The molecule has 4 N–H and O–H groups in total. The zero-order valence-corrected chi connectivity index (χ0v) is 18.0. The largest absolute Gasteiger partial charge is 0.382 e. The number of rotatable bonds is 8. The maximum absolute atomic E-state index is 6.41. The van der Waals surface area contributed by atoms with E-state index >= 15 is 0 Å². The highest BCUT2D eigenvalue weighted by atomic mass is 16.6. The van der Waals surface area contributed by atoms with Crippen molar-refractivity contribution in [2.75, 3.05) is 12.3 Å². The van der Waals surface area contributed by atoms with E-state index in [-0.39, 0.29) is 26.2 Å². The van der Waals surface area contributed by atoms with Crippen molar-refractivity contribution in [2.45, 2.75) is 45.2 Å². The SMILES string of the molecule is C.NCC1OC(n2cnc3c(N)ncnc32)C(OCc2ccccc2)C1OCc1ccccc1. The summed E-state index contributed by atoms with van der Waals surface area (Å²) < 4.78 is 20.9. The van der Waals surface area contributed by atoms with Gasteiger partial charge in [-0.15, -0.1) is 0 Å². The van der Waals surface area contributed by atoms with Gasteiger partial charge in [-0.1, -0.05) is 68.1 Å². The third kappa shape index (κ3) is 4.78. The van der Waals surface area contributed by atoms with Gasteiger partial charge in [0.05, 0.1) is 19.5 Å². The molecule has 2 aromatic carbocycles. The normalized spacial score (nSPS) is 22.0. The van der Waals surface area contributed by atoms with Gasteiger partial charge in [0.15, 0.2) is 17.7 Å². The average molecular weight is 463 g/mol. The molecule has 2 aromatic heterocycles. The summed E-state index contributed by atoms with van der Waals surface area (Å²) in [7, 11) is 0. The molecule has 3 heterocycles. The Hall–Kier alpha value is -3.37. The molecule has 1 aliphatic rings. The van der Waals surface area contributed by atoms with E-state index in [0.29, 0.717) is 30.2 Å². The van der Waals surface area contributed by atoms with Crippen molar-refractivity contribution in [2.24, 2.45) is 5.73 Å². The minimum atomic E-state index is -0.540. The molecule has 34 heavy (non-hydrogen) atoms. The molecule has 5 rings (SSSR count). The van der Waals surface area contributed by atoms with Crippen molar-refractivity contribution in [3.05, 3.63) is 84.4 Å². The number of anilines is 1. The number of hydrogen-bond acceptors (Lipinski definition) is 8. The zero-order chi connectivity index (χ0) is 22.6. The Balaban J connectivity index is 0.00000274. The third-order valence-electron chi connectivity index (χ3n) is 5.75. The van der Waals surface area contributed by atoms with Crippen molar-refractivity contribution in [1.29, 1.82) is 0 Å². The van der Waals surface area contributed by atoms with Crippen LogP contribution in [0, 0.1) is 0 Å². The smallest absolute Gasteiger partial charge is 0.167 e. The first kappa shape index (κ1) is 23.8. The van der Waals surface area contributed by atoms with Crippen LogP contribution in [0.2, 0.25) is 0 Å². The van der Waals surface area contributed by atoms with Gasteiger partial charge in [-0.3, -0.25) is 4.57 Å². The predicted octanol–water partition coefficient (Wildman–Crippen LogP) is 3.07. The molecule has 178 valence electrons. The Kier molecular flexibility index (Phi) is 7.49. The second kappa shape index (κ2) is 10.7. The highest BCUT2D eigenvalue weighted by Gasteiger charge is 2.47. The van der Waals surface area contributed by atoms with Gasteiger partial charge in [-0.05, 0) is 11.1 Å². The third-order valence-corrected chi connectivity index (χ3v) is 5.75. The van der Waals surface area contributed by atoms with Gasteiger partial charge in [0.25, 0.3) is 0 Å². The number of nitrogens with two attached hydrogens (primary N) is 2. The molecule has 1 aliphatic heterocycles. The van der Waals surface area contributed by atoms with E-state index in [4.69, 9.17) is 25.7 Å². The number of ether oxygens (including phenoxy) is 3. The summed E-state index contributed by atoms with van der Waals surface area (Å²) >= 11 is 0. The van der Waals surface area contributed by atoms with Gasteiger partial charge >= 0.3 is 0 Å². The zero-order valence-electron chi connectivity index (χ0n) is 18.0. The van der Waals surface area contributed by atoms with Gasteiger partial charge in [0.2, 0.25) is 0 Å². The molecular formula is C25H30N6O3. The number of hydrogen-bond donors (Lipinski definition) is 2. The lowest BCUT2D eigenvalue weighted by atomic mass is 10.1. The summed E-state index contributed by atoms with van der Waals surface area (Å²) in [6.45, 7) is 1.10. The first-order chi connectivity index (χ1) is 16.2. The van der Waals surface area contributed by atoms with Gasteiger partial charge in [-0.2, -0.15) is 0 Å². The van der Waals surface area contributed by atoms with Crippen molar-refractivity contribution >= 4 is 17.0 Å². The van der Waals surface area contributed by atoms with Crippen LogP contribution in [0.4, 0.5) is 5.82 Å². The number of benzene rings is 2. The summed E-state index contributed by atoms with van der Waals surface area (Å²) in [5.74, 6) is 0.311. The molecule has 4 aromatic rings. The second-order valence-corrected chi connectivity index (χ2v) is 7.91. The maximum Gasteiger partial charge on any atom is 0.167 e. The molecule has 0 aliphatic carbocycles. The fourth-order valence-corrected chi connectivity index (χ4v) is 4.09. The number of fused-ring (bicyclic) bond motifs is 1. The average Bonchev–Trinajstić information content (AvgIpc) is 3.44. The lowest BCUT2D eigenvalue weighted by Gasteiger charge is -2.25. The Morgan fingerprint density at radius 1 is 0.853 bits per heavy atom. The van der Waals surface area contributed by atoms with E-state index in [1.165, 1.54) is 6.33 Å².